The second kappa shape index (κ2) is 7.31. The molecule has 0 heterocycles. The van der Waals surface area contributed by atoms with E-state index >= 15 is 0 Å². The van der Waals surface area contributed by atoms with Crippen molar-refractivity contribution in [2.24, 2.45) is 0 Å². The van der Waals surface area contributed by atoms with Crippen LogP contribution in [0.1, 0.15) is 33.3 Å². The van der Waals surface area contributed by atoms with Gasteiger partial charge in [-0.1, -0.05) is 83.9 Å². The van der Waals surface area contributed by atoms with E-state index in [4.69, 9.17) is 23.2 Å². The van der Waals surface area contributed by atoms with Gasteiger partial charge in [0.2, 0.25) is 0 Å². The molecule has 0 fully saturated rings. The summed E-state index contributed by atoms with van der Waals surface area (Å²) in [6.45, 7) is 8.22. The van der Waals surface area contributed by atoms with Gasteiger partial charge in [-0.25, -0.2) is 0 Å². The maximum Gasteiger partial charge on any atom is 0.0885 e. The van der Waals surface area contributed by atoms with Crippen molar-refractivity contribution in [1.29, 1.82) is 0 Å². The van der Waals surface area contributed by atoms with Gasteiger partial charge < -0.3 is 0 Å². The monoisotopic (exact) mass is 408 g/mol. The molecular formula is C24H22Cl2Si. The van der Waals surface area contributed by atoms with Crippen molar-refractivity contribution in [1.82, 2.24) is 0 Å². The van der Waals surface area contributed by atoms with Crippen molar-refractivity contribution in [3.8, 4) is 0 Å². The van der Waals surface area contributed by atoms with Crippen LogP contribution in [0.5, 0.6) is 0 Å². The lowest BCUT2D eigenvalue weighted by Crippen LogP contribution is -2.47. The predicted molar refractivity (Wildman–Crippen MR) is 122 cm³/mol. The summed E-state index contributed by atoms with van der Waals surface area (Å²) in [6.07, 6.45) is 8.39. The molecule has 0 aromatic heterocycles. The van der Waals surface area contributed by atoms with Crippen molar-refractivity contribution in [2.45, 2.75) is 23.2 Å². The molecule has 2 atom stereocenters. The number of halogens is 2. The molecule has 3 heteroatoms. The molecule has 0 amide bonds. The van der Waals surface area contributed by atoms with Crippen LogP contribution in [0.15, 0.2) is 83.9 Å². The molecular weight excluding hydrogens is 387 g/mol. The lowest BCUT2D eigenvalue weighted by atomic mass is 10.1. The van der Waals surface area contributed by atoms with Gasteiger partial charge in [-0.05, 0) is 46.5 Å². The summed E-state index contributed by atoms with van der Waals surface area (Å²) in [6, 6.07) is 19.0. The Labute approximate surface area is 172 Å². The number of benzene rings is 2. The van der Waals surface area contributed by atoms with Gasteiger partial charge in [0.25, 0.3) is 0 Å². The Balaban J connectivity index is 1.95. The van der Waals surface area contributed by atoms with Crippen LogP contribution in [-0.2, 0) is 0 Å². The summed E-state index contributed by atoms with van der Waals surface area (Å²) in [5.41, 5.74) is 5.50. The molecule has 0 bridgehead atoms. The minimum Gasteiger partial charge on any atom is -0.103 e. The molecule has 0 saturated heterocycles. The number of hydrogen-bond acceptors (Lipinski definition) is 0. The zero-order valence-electron chi connectivity index (χ0n) is 15.2. The first-order valence-electron chi connectivity index (χ1n) is 9.26. The van der Waals surface area contributed by atoms with Crippen LogP contribution in [0, 0.1) is 0 Å². The first kappa shape index (κ1) is 18.6. The quantitative estimate of drug-likeness (QED) is 0.340. The molecule has 4 rings (SSSR count). The SMILES string of the molecule is C=CC[Si](CC=C)(C1C(Cl)=Cc2ccccc21)C1C(Cl)=Cc2ccccc21. The van der Waals surface area contributed by atoms with Gasteiger partial charge in [-0.3, -0.25) is 0 Å². The van der Waals surface area contributed by atoms with Crippen LogP contribution in [0.3, 0.4) is 0 Å². The summed E-state index contributed by atoms with van der Waals surface area (Å²) in [7, 11) is -2.19. The van der Waals surface area contributed by atoms with Crippen LogP contribution in [0.4, 0.5) is 0 Å². The molecule has 136 valence electrons. The second-order valence-corrected chi connectivity index (χ2v) is 12.7. The Bertz CT molecular complexity index is 890. The summed E-state index contributed by atoms with van der Waals surface area (Å²) in [5.74, 6) is 0. The van der Waals surface area contributed by atoms with Crippen molar-refractivity contribution in [3.63, 3.8) is 0 Å². The van der Waals surface area contributed by atoms with Gasteiger partial charge in [0.1, 0.15) is 0 Å². The predicted octanol–water partition coefficient (Wildman–Crippen LogP) is 7.64. The topological polar surface area (TPSA) is 0 Å². The summed E-state index contributed by atoms with van der Waals surface area (Å²) in [5, 5.41) is 1.86. The first-order chi connectivity index (χ1) is 13.1. The van der Waals surface area contributed by atoms with Crippen molar-refractivity contribution >= 4 is 43.4 Å². The third-order valence-corrected chi connectivity index (χ3v) is 12.6. The third kappa shape index (κ3) is 2.89. The van der Waals surface area contributed by atoms with E-state index in [9.17, 15) is 0 Å². The molecule has 0 nitrogen and oxygen atoms in total. The Morgan fingerprint density at radius 3 is 1.56 bits per heavy atom. The average molecular weight is 409 g/mol. The van der Waals surface area contributed by atoms with Crippen LogP contribution < -0.4 is 0 Å². The molecule has 2 aliphatic carbocycles. The van der Waals surface area contributed by atoms with E-state index < -0.39 is 8.07 Å². The highest BCUT2D eigenvalue weighted by Gasteiger charge is 2.52. The van der Waals surface area contributed by atoms with Crippen molar-refractivity contribution in [2.75, 3.05) is 0 Å². The Hall–Kier alpha value is -1.80. The highest BCUT2D eigenvalue weighted by molar-refractivity contribution is 6.86. The van der Waals surface area contributed by atoms with Crippen LogP contribution in [-0.4, -0.2) is 8.07 Å². The molecule has 0 radical (unpaired) electrons. The van der Waals surface area contributed by atoms with E-state index in [1.807, 2.05) is 0 Å². The van der Waals surface area contributed by atoms with Gasteiger partial charge in [0, 0.05) is 21.1 Å². The minimum atomic E-state index is -2.19. The van der Waals surface area contributed by atoms with Crippen molar-refractivity contribution < 1.29 is 0 Å². The lowest BCUT2D eigenvalue weighted by Gasteiger charge is -2.42. The molecule has 27 heavy (non-hydrogen) atoms. The van der Waals surface area contributed by atoms with Gasteiger partial charge >= 0.3 is 0 Å². The van der Waals surface area contributed by atoms with Gasteiger partial charge in [-0.15, -0.1) is 13.2 Å². The van der Waals surface area contributed by atoms with E-state index in [1.165, 1.54) is 22.3 Å². The summed E-state index contributed by atoms with van der Waals surface area (Å²) in [4.78, 5) is 0. The van der Waals surface area contributed by atoms with Crippen molar-refractivity contribution in [3.05, 3.63) is 106 Å². The number of allylic oxidation sites excluding steroid dienone is 4. The molecule has 2 aromatic carbocycles. The molecule has 0 spiro atoms. The first-order valence-corrected chi connectivity index (χ1v) is 12.6. The Morgan fingerprint density at radius 2 is 1.15 bits per heavy atom. The number of fused-ring (bicyclic) bond motifs is 2. The second-order valence-electron chi connectivity index (χ2n) is 7.40. The Kier molecular flexibility index (Phi) is 5.03. The van der Waals surface area contributed by atoms with Crippen LogP contribution >= 0.6 is 23.2 Å². The highest BCUT2D eigenvalue weighted by atomic mass is 35.5. The zero-order valence-corrected chi connectivity index (χ0v) is 17.7. The molecule has 0 saturated carbocycles. The third-order valence-electron chi connectivity index (χ3n) is 5.95. The van der Waals surface area contributed by atoms with Crippen LogP contribution in [0.2, 0.25) is 12.1 Å². The van der Waals surface area contributed by atoms with E-state index in [0.717, 1.165) is 22.2 Å². The van der Waals surface area contributed by atoms with Gasteiger partial charge in [0.15, 0.2) is 0 Å². The normalized spacial score (nSPS) is 20.5. The molecule has 2 aliphatic rings. The van der Waals surface area contributed by atoms with Gasteiger partial charge in [0.05, 0.1) is 8.07 Å². The maximum atomic E-state index is 6.92. The van der Waals surface area contributed by atoms with E-state index in [2.05, 4.69) is 86.0 Å². The summed E-state index contributed by atoms with van der Waals surface area (Å²) < 4.78 is 0. The fraction of sp³-hybridized carbons (Fsp3) is 0.167. The fourth-order valence-corrected chi connectivity index (χ4v) is 12.3. The summed E-state index contributed by atoms with van der Waals surface area (Å²) >= 11 is 13.8. The largest absolute Gasteiger partial charge is 0.103 e. The zero-order chi connectivity index (χ0) is 19.0. The molecule has 0 aliphatic heterocycles. The number of hydrogen-bond donors (Lipinski definition) is 0. The molecule has 0 N–H and O–H groups in total. The number of rotatable bonds is 6. The van der Waals surface area contributed by atoms with E-state index in [-0.39, 0.29) is 11.1 Å². The Morgan fingerprint density at radius 1 is 0.741 bits per heavy atom. The smallest absolute Gasteiger partial charge is 0.0885 e. The average Bonchev–Trinajstić information content (AvgIpc) is 3.17. The van der Waals surface area contributed by atoms with Crippen LogP contribution in [0.25, 0.3) is 12.2 Å². The maximum absolute atomic E-state index is 6.92. The van der Waals surface area contributed by atoms with E-state index in [0.29, 0.717) is 0 Å². The fourth-order valence-electron chi connectivity index (χ4n) is 5.00. The highest BCUT2D eigenvalue weighted by Crippen LogP contribution is 2.57. The standard InChI is InChI=1S/C24H22Cl2Si/c1-3-13-27(14-4-2,23-19-11-7-5-9-17(19)15-21(23)25)24-20-12-8-6-10-18(20)16-22(24)26/h3-12,15-16,23-24H,1-2,13-14H2. The van der Waals surface area contributed by atoms with E-state index in [1.54, 1.807) is 0 Å². The molecule has 2 aromatic rings. The van der Waals surface area contributed by atoms with Gasteiger partial charge in [-0.2, -0.15) is 0 Å². The molecule has 2 unspecified atom stereocenters. The minimum absolute atomic E-state index is 0.199. The lowest BCUT2D eigenvalue weighted by molar-refractivity contribution is 0.990.